The molecular formula is C55H85N9O16S. The van der Waals surface area contributed by atoms with Crippen LogP contribution in [0.5, 0.6) is 0 Å². The molecular weight excluding hydrogens is 1070 g/mol. The predicted molar refractivity (Wildman–Crippen MR) is 302 cm³/mol. The van der Waals surface area contributed by atoms with Gasteiger partial charge < -0.3 is 62.2 Å². The first-order valence-electron chi connectivity index (χ1n) is 27.8. The van der Waals surface area contributed by atoms with Crippen molar-refractivity contribution in [3.05, 3.63) is 65.7 Å². The van der Waals surface area contributed by atoms with Crippen LogP contribution >= 0.6 is 12.2 Å². The molecule has 4 amide bonds. The van der Waals surface area contributed by atoms with E-state index in [1.165, 1.54) is 5.06 Å². The number of thiocarbonyl (C=S) groups is 1. The van der Waals surface area contributed by atoms with Crippen LogP contribution in [0, 0.1) is 5.92 Å². The summed E-state index contributed by atoms with van der Waals surface area (Å²) in [4.78, 5) is 110. The molecule has 1 fully saturated rings. The highest BCUT2D eigenvalue weighted by Crippen LogP contribution is 2.19. The summed E-state index contributed by atoms with van der Waals surface area (Å²) in [6.07, 6.45) is 2.59. The molecule has 0 spiro atoms. The van der Waals surface area contributed by atoms with E-state index < -0.39 is 90.8 Å². The molecule has 1 unspecified atom stereocenters. The van der Waals surface area contributed by atoms with Crippen molar-refractivity contribution >= 4 is 70.4 Å². The van der Waals surface area contributed by atoms with Gasteiger partial charge in [0.05, 0.1) is 24.4 Å². The number of carbonyl (C=O) groups is 8. The smallest absolute Gasteiger partial charge is 0.326 e. The number of benzene rings is 2. The number of aliphatic hydroxyl groups is 1. The highest BCUT2D eigenvalue weighted by Gasteiger charge is 2.30. The minimum absolute atomic E-state index is 0.0623. The van der Waals surface area contributed by atoms with Crippen molar-refractivity contribution in [1.29, 1.82) is 0 Å². The number of carboxylic acids is 4. The van der Waals surface area contributed by atoms with Crippen molar-refractivity contribution in [3.8, 4) is 0 Å². The van der Waals surface area contributed by atoms with Crippen LogP contribution in [-0.2, 0) is 51.3 Å². The molecule has 2 aromatic carbocycles. The number of hydrogen-bond donors (Lipinski definition) is 12. The minimum Gasteiger partial charge on any atom is -0.481 e. The van der Waals surface area contributed by atoms with E-state index in [0.29, 0.717) is 69.9 Å². The lowest BCUT2D eigenvalue weighted by Gasteiger charge is -2.36. The van der Waals surface area contributed by atoms with Gasteiger partial charge in [0.2, 0.25) is 11.8 Å². The second kappa shape index (κ2) is 39.2. The lowest BCUT2D eigenvalue weighted by Crippen LogP contribution is -2.51. The van der Waals surface area contributed by atoms with Crippen molar-refractivity contribution in [2.75, 3.05) is 84.1 Å². The number of amides is 4. The number of aliphatic hydroxyl groups excluding tert-OH is 1. The van der Waals surface area contributed by atoms with Crippen LogP contribution in [-0.4, -0.2) is 211 Å². The zero-order chi connectivity index (χ0) is 59.5. The minimum atomic E-state index is -1.56. The van der Waals surface area contributed by atoms with Crippen LogP contribution in [0.3, 0.4) is 0 Å². The van der Waals surface area contributed by atoms with Crippen molar-refractivity contribution in [2.45, 2.75) is 134 Å². The Balaban J connectivity index is 1.48. The van der Waals surface area contributed by atoms with Crippen LogP contribution in [0.1, 0.15) is 108 Å². The first-order valence-corrected chi connectivity index (χ1v) is 28.2. The Kier molecular flexibility index (Phi) is 33.5. The van der Waals surface area contributed by atoms with Gasteiger partial charge in [-0.1, -0.05) is 74.4 Å². The summed E-state index contributed by atoms with van der Waals surface area (Å²) < 4.78 is 0. The number of aliphatic carboxylic acids is 4. The van der Waals surface area contributed by atoms with Gasteiger partial charge in [0.1, 0.15) is 12.1 Å². The van der Waals surface area contributed by atoms with Gasteiger partial charge in [-0.15, -0.1) is 0 Å². The zero-order valence-electron chi connectivity index (χ0n) is 46.4. The second-order valence-electron chi connectivity index (χ2n) is 20.2. The van der Waals surface area contributed by atoms with Crippen molar-refractivity contribution in [2.24, 2.45) is 5.92 Å². The Morgan fingerprint density at radius 3 is 1.90 bits per heavy atom. The molecule has 0 bridgehead atoms. The zero-order valence-corrected chi connectivity index (χ0v) is 47.2. The van der Waals surface area contributed by atoms with Crippen LogP contribution in [0.4, 0.5) is 10.5 Å². The van der Waals surface area contributed by atoms with Gasteiger partial charge >= 0.3 is 29.9 Å². The van der Waals surface area contributed by atoms with E-state index in [2.05, 4.69) is 48.2 Å². The summed E-state index contributed by atoms with van der Waals surface area (Å²) in [5.41, 5.74) is 2.58. The molecule has 0 aromatic heterocycles. The quantitative estimate of drug-likeness (QED) is 0.0200. The third-order valence-electron chi connectivity index (χ3n) is 14.0. The Hall–Kier alpha value is -6.23. The summed E-state index contributed by atoms with van der Waals surface area (Å²) in [5.74, 6) is -7.69. The molecule has 81 heavy (non-hydrogen) atoms. The van der Waals surface area contributed by atoms with Gasteiger partial charge in [0.25, 0.3) is 0 Å². The van der Waals surface area contributed by atoms with Gasteiger partial charge in [0.15, 0.2) is 5.78 Å². The topological polar surface area (TPSA) is 361 Å². The number of carbonyl (C=O) groups excluding carboxylic acids is 4. The standard InChI is InChI=1S/C55H85N9O16S/c1-2-61-26-27-62(32-33-80-79)28-30-63(38-65)43(37-64(78)31-29-61)35-40-17-19-42(20-18-40)57-49(81)16-9-4-3-8-15-48(67)58-44(21-23-50(68)69)47(66)36-41(34-39-12-6-5-7-13-39)52(72)56-25-11-10-14-45(53(73)74)59-55(77)60-46(54(75)76)22-24-51(70)71/h5-7,12-13,17-20,41,43-46,65,78-79H,2-4,8-11,14-16,21-38H2,1H3,(H,56,72)(H,57,81)(H,58,67)(H,68,69)(H,70,71)(H,73,74)(H,75,76)(H2,59,60,77)/t41-,43?,44+,45+,46+/m1/s1. The van der Waals surface area contributed by atoms with E-state index in [1.807, 2.05) is 29.2 Å². The summed E-state index contributed by atoms with van der Waals surface area (Å²) >= 11 is 5.64. The van der Waals surface area contributed by atoms with E-state index in [-0.39, 0.29) is 70.9 Å². The van der Waals surface area contributed by atoms with E-state index in [9.17, 15) is 64.0 Å². The first-order chi connectivity index (χ1) is 38.8. The highest BCUT2D eigenvalue weighted by atomic mass is 32.1. The molecule has 25 nitrogen and oxygen atoms in total. The average molecular weight is 1160 g/mol. The number of hydroxylamine groups is 2. The Labute approximate surface area is 478 Å². The fourth-order valence-electron chi connectivity index (χ4n) is 9.26. The number of urea groups is 1. The molecule has 0 aliphatic carbocycles. The molecule has 1 saturated heterocycles. The Morgan fingerprint density at radius 2 is 1.28 bits per heavy atom. The van der Waals surface area contributed by atoms with Crippen molar-refractivity contribution in [3.63, 3.8) is 0 Å². The van der Waals surface area contributed by atoms with E-state index in [0.717, 1.165) is 49.3 Å². The Morgan fingerprint density at radius 1 is 0.679 bits per heavy atom. The molecule has 0 saturated carbocycles. The third kappa shape index (κ3) is 29.4. The molecule has 1 aliphatic heterocycles. The SMILES string of the molecule is CCN1CCN(O)CC(Cc2ccc(NC(=S)CCCCCCC(=O)N[C@@H](CCC(=O)O)C(=O)C[C@@H](Cc3ccccc3)C(=O)NCCCC[C@H](NC(=O)N[C@@H](CCC(=O)O)C(=O)O)C(=O)O)cc2)N(CO)CCN(CCOO)CC1. The summed E-state index contributed by atoms with van der Waals surface area (Å²) in [5, 5.41) is 81.9. The highest BCUT2D eigenvalue weighted by molar-refractivity contribution is 7.80. The van der Waals surface area contributed by atoms with Crippen LogP contribution in [0.2, 0.25) is 0 Å². The number of ketones is 1. The maximum atomic E-state index is 13.8. The number of nitrogens with one attached hydrogen (secondary N) is 5. The number of anilines is 1. The van der Waals surface area contributed by atoms with Crippen LogP contribution < -0.4 is 26.6 Å². The fourth-order valence-corrected chi connectivity index (χ4v) is 9.52. The van der Waals surface area contributed by atoms with Crippen molar-refractivity contribution < 1.29 is 79.2 Å². The van der Waals surface area contributed by atoms with E-state index >= 15 is 0 Å². The molecule has 1 heterocycles. The lowest BCUT2D eigenvalue weighted by molar-refractivity contribution is -0.244. The number of unbranched alkanes of at least 4 members (excludes halogenated alkanes) is 4. The van der Waals surface area contributed by atoms with Gasteiger partial charge in [-0.3, -0.25) is 39.0 Å². The molecule has 5 atom stereocenters. The molecule has 0 radical (unpaired) electrons. The number of nitrogens with zero attached hydrogens (tertiary/aromatic N) is 4. The van der Waals surface area contributed by atoms with Gasteiger partial charge in [0, 0.05) is 102 Å². The van der Waals surface area contributed by atoms with Gasteiger partial charge in [-0.05, 0) is 94.0 Å². The number of hydrogen-bond acceptors (Lipinski definition) is 17. The lowest BCUT2D eigenvalue weighted by atomic mass is 9.90. The molecule has 1 aliphatic rings. The van der Waals surface area contributed by atoms with Gasteiger partial charge in [-0.25, -0.2) is 19.3 Å². The van der Waals surface area contributed by atoms with Gasteiger partial charge in [-0.2, -0.15) is 5.06 Å². The molecule has 12 N–H and O–H groups in total. The maximum absolute atomic E-state index is 13.8. The normalized spacial score (nSPS) is 16.5. The number of likely N-dealkylation sites (N-methyl/N-ethyl adjacent to an activating group) is 1. The molecule has 3 rings (SSSR count). The summed E-state index contributed by atoms with van der Waals surface area (Å²) in [6.45, 7) is 7.74. The third-order valence-corrected chi connectivity index (χ3v) is 14.3. The summed E-state index contributed by atoms with van der Waals surface area (Å²) in [7, 11) is 0. The van der Waals surface area contributed by atoms with E-state index in [1.54, 1.807) is 30.3 Å². The summed E-state index contributed by atoms with van der Waals surface area (Å²) in [6, 6.07) is 11.3. The van der Waals surface area contributed by atoms with Crippen molar-refractivity contribution in [1.82, 2.24) is 41.0 Å². The molecule has 26 heteroatoms. The number of Topliss-reactive ketones (excluding diaryl/α,β-unsaturated/α-hetero) is 1. The predicted octanol–water partition coefficient (Wildman–Crippen LogP) is 3.27. The second-order valence-corrected chi connectivity index (χ2v) is 20.7. The number of carboxylic acid groups (broad SMARTS) is 4. The number of rotatable bonds is 37. The largest absolute Gasteiger partial charge is 0.481 e. The van der Waals surface area contributed by atoms with Crippen LogP contribution in [0.15, 0.2) is 54.6 Å². The fraction of sp³-hybridized carbons (Fsp3) is 0.618. The maximum Gasteiger partial charge on any atom is 0.326 e. The molecule has 2 aromatic rings. The first kappa shape index (κ1) is 69.0. The molecule has 452 valence electrons. The average Bonchev–Trinajstić information content (AvgIpc) is 3.42. The monoisotopic (exact) mass is 1160 g/mol. The van der Waals surface area contributed by atoms with Crippen LogP contribution in [0.25, 0.3) is 0 Å². The van der Waals surface area contributed by atoms with E-state index in [4.69, 9.17) is 22.6 Å². The Bertz CT molecular complexity index is 2270.